The Hall–Kier alpha value is -2.38. The van der Waals surface area contributed by atoms with E-state index >= 15 is 0 Å². The maximum absolute atomic E-state index is 6.17. The highest BCUT2D eigenvalue weighted by Gasteiger charge is 2.35. The van der Waals surface area contributed by atoms with Gasteiger partial charge in [0.25, 0.3) is 0 Å². The van der Waals surface area contributed by atoms with Crippen molar-refractivity contribution in [2.75, 3.05) is 42.2 Å². The monoisotopic (exact) mass is 441 g/mol. The number of halogens is 1. The Kier molecular flexibility index (Phi) is 6.92. The number of guanidine groups is 1. The Morgan fingerprint density at radius 1 is 1.26 bits per heavy atom. The van der Waals surface area contributed by atoms with Crippen molar-refractivity contribution in [3.8, 4) is 0 Å². The van der Waals surface area contributed by atoms with Gasteiger partial charge in [-0.3, -0.25) is 9.89 Å². The number of rotatable bonds is 6. The lowest BCUT2D eigenvalue weighted by molar-refractivity contribution is 0.226. The van der Waals surface area contributed by atoms with Crippen LogP contribution in [0.25, 0.3) is 0 Å². The summed E-state index contributed by atoms with van der Waals surface area (Å²) in [6.07, 6.45) is 4.58. The molecule has 1 atom stereocenters. The zero-order chi connectivity index (χ0) is 21.8. The molecular weight excluding hydrogens is 410 g/mol. The number of piperidine rings is 1. The SMILES string of the molecule is CCN1CCCC(Nc2cc(C)nc(N(/C(=N/C)Nc3cccc(Cl)c3)C3CC3)n2)C1. The molecule has 0 radical (unpaired) electrons. The minimum absolute atomic E-state index is 0.352. The molecule has 2 aliphatic rings. The van der Waals surface area contributed by atoms with Crippen molar-refractivity contribution in [1.82, 2.24) is 14.9 Å². The summed E-state index contributed by atoms with van der Waals surface area (Å²) in [5.41, 5.74) is 1.84. The van der Waals surface area contributed by atoms with Gasteiger partial charge in [-0.2, -0.15) is 4.98 Å². The van der Waals surface area contributed by atoms with Gasteiger partial charge in [0.2, 0.25) is 11.9 Å². The molecule has 1 saturated carbocycles. The third-order valence-corrected chi connectivity index (χ3v) is 6.03. The second-order valence-corrected chi connectivity index (χ2v) is 8.79. The van der Waals surface area contributed by atoms with Crippen LogP contribution in [0, 0.1) is 6.92 Å². The number of hydrogen-bond acceptors (Lipinski definition) is 5. The van der Waals surface area contributed by atoms with E-state index in [9.17, 15) is 0 Å². The van der Waals surface area contributed by atoms with Crippen molar-refractivity contribution in [3.63, 3.8) is 0 Å². The summed E-state index contributed by atoms with van der Waals surface area (Å²) in [5.74, 6) is 2.30. The number of aryl methyl sites for hydroxylation is 1. The Morgan fingerprint density at radius 2 is 2.10 bits per heavy atom. The lowest BCUT2D eigenvalue weighted by atomic mass is 10.1. The standard InChI is InChI=1S/C23H32ClN7/c1-4-30-12-6-9-19(15-30)27-21-13-16(2)26-23(29-21)31(20-10-11-20)22(25-3)28-18-8-5-7-17(24)14-18/h5,7-8,13-14,19-20H,4,6,9-12,15H2,1-3H3,(H,25,28)(H,26,27,29). The highest BCUT2D eigenvalue weighted by molar-refractivity contribution is 6.31. The molecular formula is C23H32ClN7. The van der Waals surface area contributed by atoms with E-state index in [-0.39, 0.29) is 0 Å². The van der Waals surface area contributed by atoms with Crippen molar-refractivity contribution in [2.45, 2.75) is 51.6 Å². The van der Waals surface area contributed by atoms with Crippen molar-refractivity contribution >= 4 is 35.0 Å². The molecule has 2 aromatic rings. The van der Waals surface area contributed by atoms with E-state index in [4.69, 9.17) is 21.6 Å². The first-order valence-corrected chi connectivity index (χ1v) is 11.6. The number of nitrogens with one attached hydrogen (secondary N) is 2. The molecule has 0 amide bonds. The van der Waals surface area contributed by atoms with Crippen LogP contribution in [0.15, 0.2) is 35.3 Å². The van der Waals surface area contributed by atoms with Gasteiger partial charge in [0, 0.05) is 48.1 Å². The molecule has 1 unspecified atom stereocenters. The number of likely N-dealkylation sites (tertiary alicyclic amines) is 1. The molecule has 0 bridgehead atoms. The molecule has 1 saturated heterocycles. The predicted octanol–water partition coefficient (Wildman–Crippen LogP) is 4.40. The highest BCUT2D eigenvalue weighted by Crippen LogP contribution is 2.31. The predicted molar refractivity (Wildman–Crippen MR) is 129 cm³/mol. The quantitative estimate of drug-likeness (QED) is 0.511. The fourth-order valence-corrected chi connectivity index (χ4v) is 4.28. The topological polar surface area (TPSA) is 68.7 Å². The van der Waals surface area contributed by atoms with Crippen molar-refractivity contribution in [2.24, 2.45) is 4.99 Å². The van der Waals surface area contributed by atoms with Gasteiger partial charge in [-0.15, -0.1) is 0 Å². The maximum Gasteiger partial charge on any atom is 0.234 e. The Balaban J connectivity index is 1.56. The number of likely N-dealkylation sites (N-methyl/N-ethyl adjacent to an activating group) is 1. The summed E-state index contributed by atoms with van der Waals surface area (Å²) >= 11 is 6.17. The first-order valence-electron chi connectivity index (χ1n) is 11.2. The van der Waals surface area contributed by atoms with Gasteiger partial charge in [0.1, 0.15) is 5.82 Å². The van der Waals surface area contributed by atoms with Gasteiger partial charge >= 0.3 is 0 Å². The van der Waals surface area contributed by atoms with E-state index in [1.165, 1.54) is 19.4 Å². The van der Waals surface area contributed by atoms with Gasteiger partial charge in [-0.1, -0.05) is 24.6 Å². The molecule has 7 nitrogen and oxygen atoms in total. The Bertz CT molecular complexity index is 928. The number of aliphatic imine (C=N–C) groups is 1. The second kappa shape index (κ2) is 9.83. The van der Waals surface area contributed by atoms with Crippen molar-refractivity contribution in [1.29, 1.82) is 0 Å². The fourth-order valence-electron chi connectivity index (χ4n) is 4.09. The molecule has 2 N–H and O–H groups in total. The number of aromatic nitrogens is 2. The minimum atomic E-state index is 0.352. The van der Waals surface area contributed by atoms with E-state index in [1.807, 2.05) is 37.3 Å². The van der Waals surface area contributed by atoms with Crippen LogP contribution in [0.5, 0.6) is 0 Å². The van der Waals surface area contributed by atoms with Gasteiger partial charge in [0.05, 0.1) is 0 Å². The van der Waals surface area contributed by atoms with Gasteiger partial charge in [-0.05, 0) is 63.9 Å². The fraction of sp³-hybridized carbons (Fsp3) is 0.522. The minimum Gasteiger partial charge on any atom is -0.366 e. The summed E-state index contributed by atoms with van der Waals surface area (Å²) in [6, 6.07) is 10.5. The maximum atomic E-state index is 6.17. The summed E-state index contributed by atoms with van der Waals surface area (Å²) in [5, 5.41) is 7.75. The third-order valence-electron chi connectivity index (χ3n) is 5.80. The zero-order valence-corrected chi connectivity index (χ0v) is 19.4. The van der Waals surface area contributed by atoms with E-state index < -0.39 is 0 Å². The molecule has 1 aliphatic carbocycles. The van der Waals surface area contributed by atoms with Crippen molar-refractivity contribution in [3.05, 3.63) is 41.0 Å². The summed E-state index contributed by atoms with van der Waals surface area (Å²) in [4.78, 5) is 18.8. The van der Waals surface area contributed by atoms with Gasteiger partial charge in [0.15, 0.2) is 0 Å². The van der Waals surface area contributed by atoms with E-state index in [1.54, 1.807) is 7.05 Å². The number of anilines is 3. The second-order valence-electron chi connectivity index (χ2n) is 8.36. The highest BCUT2D eigenvalue weighted by atomic mass is 35.5. The molecule has 1 aromatic carbocycles. The lowest BCUT2D eigenvalue weighted by Crippen LogP contribution is -2.42. The first-order chi connectivity index (χ1) is 15.1. The van der Waals surface area contributed by atoms with Crippen LogP contribution in [0.4, 0.5) is 17.5 Å². The third kappa shape index (κ3) is 5.66. The average molecular weight is 442 g/mol. The van der Waals surface area contributed by atoms with Crippen LogP contribution >= 0.6 is 11.6 Å². The van der Waals surface area contributed by atoms with Crippen LogP contribution < -0.4 is 15.5 Å². The van der Waals surface area contributed by atoms with E-state index in [2.05, 4.69) is 32.3 Å². The van der Waals surface area contributed by atoms with Crippen LogP contribution in [0.3, 0.4) is 0 Å². The lowest BCUT2D eigenvalue weighted by Gasteiger charge is -2.32. The van der Waals surface area contributed by atoms with E-state index in [0.717, 1.165) is 49.1 Å². The first kappa shape index (κ1) is 21.8. The smallest absolute Gasteiger partial charge is 0.234 e. The van der Waals surface area contributed by atoms with Gasteiger partial charge < -0.3 is 15.5 Å². The summed E-state index contributed by atoms with van der Waals surface area (Å²) in [7, 11) is 1.79. The van der Waals surface area contributed by atoms with Crippen LogP contribution in [-0.2, 0) is 0 Å². The largest absolute Gasteiger partial charge is 0.366 e. The average Bonchev–Trinajstić information content (AvgIpc) is 3.58. The molecule has 1 aromatic heterocycles. The zero-order valence-electron chi connectivity index (χ0n) is 18.6. The van der Waals surface area contributed by atoms with Crippen LogP contribution in [-0.4, -0.2) is 59.6 Å². The van der Waals surface area contributed by atoms with Gasteiger partial charge in [-0.25, -0.2) is 4.98 Å². The Morgan fingerprint density at radius 3 is 2.81 bits per heavy atom. The summed E-state index contributed by atoms with van der Waals surface area (Å²) in [6.45, 7) is 7.57. The molecule has 2 heterocycles. The van der Waals surface area contributed by atoms with Crippen molar-refractivity contribution < 1.29 is 0 Å². The summed E-state index contributed by atoms with van der Waals surface area (Å²) < 4.78 is 0. The van der Waals surface area contributed by atoms with Crippen LogP contribution in [0.2, 0.25) is 5.02 Å². The molecule has 31 heavy (non-hydrogen) atoms. The molecule has 166 valence electrons. The number of hydrogen-bond donors (Lipinski definition) is 2. The molecule has 8 heteroatoms. The molecule has 4 rings (SSSR count). The van der Waals surface area contributed by atoms with E-state index in [0.29, 0.717) is 23.1 Å². The van der Waals surface area contributed by atoms with Crippen LogP contribution in [0.1, 0.15) is 38.3 Å². The molecule has 0 spiro atoms. The number of nitrogens with zero attached hydrogens (tertiary/aromatic N) is 5. The Labute approximate surface area is 189 Å². The normalized spacial score (nSPS) is 19.9. The molecule has 1 aliphatic heterocycles. The molecule has 2 fully saturated rings. The number of benzene rings is 1.